The summed E-state index contributed by atoms with van der Waals surface area (Å²) in [7, 11) is -1.67. The summed E-state index contributed by atoms with van der Waals surface area (Å²) >= 11 is 0. The van der Waals surface area contributed by atoms with E-state index in [0.29, 0.717) is 26.2 Å². The van der Waals surface area contributed by atoms with Crippen molar-refractivity contribution >= 4 is 22.4 Å². The lowest BCUT2D eigenvalue weighted by molar-refractivity contribution is -0.0440. The Kier molecular flexibility index (Phi) is 8.47. The minimum atomic E-state index is -3.31. The molecule has 1 aliphatic rings. The fourth-order valence-electron chi connectivity index (χ4n) is 3.36. The molecule has 8 nitrogen and oxygen atoms in total. The number of hydrogen-bond donors (Lipinski definition) is 2. The van der Waals surface area contributed by atoms with Crippen LogP contribution < -0.4 is 10.1 Å². The molecule has 0 saturated carbocycles. The van der Waals surface area contributed by atoms with Crippen molar-refractivity contribution in [2.24, 2.45) is 0 Å². The molecule has 1 aromatic carbocycles. The van der Waals surface area contributed by atoms with Crippen molar-refractivity contribution in [3.05, 3.63) is 36.0 Å². The van der Waals surface area contributed by atoms with Crippen molar-refractivity contribution in [3.63, 3.8) is 0 Å². The number of hydrogen-bond acceptors (Lipinski definition) is 6. The van der Waals surface area contributed by atoms with Crippen LogP contribution in [0.15, 0.2) is 30.5 Å². The molecule has 3 rings (SSSR count). The highest BCUT2D eigenvalue weighted by molar-refractivity contribution is 7.89. The number of sulfonamides is 1. The highest BCUT2D eigenvalue weighted by Crippen LogP contribution is 2.23. The summed E-state index contributed by atoms with van der Waals surface area (Å²) in [6, 6.07) is 7.71. The van der Waals surface area contributed by atoms with Gasteiger partial charge in [-0.2, -0.15) is 9.40 Å². The Morgan fingerprint density at radius 1 is 1.24 bits per heavy atom. The van der Waals surface area contributed by atoms with Gasteiger partial charge in [-0.3, -0.25) is 5.10 Å². The molecule has 0 amide bonds. The maximum Gasteiger partial charge on any atom is 0.215 e. The van der Waals surface area contributed by atoms with Crippen molar-refractivity contribution in [2.75, 3.05) is 32.5 Å². The Labute approximate surface area is 178 Å². The Bertz CT molecular complexity index is 863. The molecule has 2 heterocycles. The predicted octanol–water partition coefficient (Wildman–Crippen LogP) is 2.04. The standard InChI is InChI=1S/C19H28N4O4S.ClH/c1-14-12-23(13-15(2)27-14)28(24,25)9-8-20-10-17-11-21-22-19(17)16-4-6-18(26-3)7-5-16;/h4-7,11,14-15,20H,8-10,12-13H2,1-3H3,(H,21,22);1H. The molecule has 2 unspecified atom stereocenters. The van der Waals surface area contributed by atoms with Gasteiger partial charge in [-0.15, -0.1) is 12.4 Å². The molecule has 2 atom stereocenters. The van der Waals surface area contributed by atoms with Crippen molar-refractivity contribution in [2.45, 2.75) is 32.6 Å². The first-order valence-electron chi connectivity index (χ1n) is 9.39. The first-order valence-corrected chi connectivity index (χ1v) is 11.0. The van der Waals surface area contributed by atoms with Crippen LogP contribution in [0.4, 0.5) is 0 Å². The second-order valence-electron chi connectivity index (χ2n) is 7.07. The van der Waals surface area contributed by atoms with Crippen LogP contribution >= 0.6 is 12.4 Å². The number of benzene rings is 1. The van der Waals surface area contributed by atoms with E-state index >= 15 is 0 Å². The molecule has 0 aliphatic carbocycles. The van der Waals surface area contributed by atoms with Crippen LogP contribution in [0, 0.1) is 0 Å². The second kappa shape index (κ2) is 10.4. The molecule has 0 spiro atoms. The summed E-state index contributed by atoms with van der Waals surface area (Å²) in [4.78, 5) is 0. The van der Waals surface area contributed by atoms with Gasteiger partial charge in [0.05, 0.1) is 37.0 Å². The largest absolute Gasteiger partial charge is 0.497 e. The van der Waals surface area contributed by atoms with Crippen LogP contribution in [0.1, 0.15) is 19.4 Å². The number of nitrogens with zero attached hydrogens (tertiary/aromatic N) is 2. The Hall–Kier alpha value is -1.65. The molecule has 1 aromatic heterocycles. The van der Waals surface area contributed by atoms with Crippen LogP contribution in [0.5, 0.6) is 5.75 Å². The Balaban J connectivity index is 0.00000300. The minimum Gasteiger partial charge on any atom is -0.497 e. The van der Waals surface area contributed by atoms with Crippen LogP contribution in [-0.2, 0) is 21.3 Å². The highest BCUT2D eigenvalue weighted by Gasteiger charge is 2.30. The molecule has 1 saturated heterocycles. The lowest BCUT2D eigenvalue weighted by Crippen LogP contribution is -2.49. The third-order valence-electron chi connectivity index (χ3n) is 4.73. The molecule has 0 radical (unpaired) electrons. The number of nitrogens with one attached hydrogen (secondary N) is 2. The Morgan fingerprint density at radius 3 is 2.52 bits per heavy atom. The maximum absolute atomic E-state index is 12.6. The number of rotatable bonds is 8. The summed E-state index contributed by atoms with van der Waals surface area (Å²) < 4.78 is 37.5. The number of methoxy groups -OCH3 is 1. The average molecular weight is 445 g/mol. The Morgan fingerprint density at radius 2 is 1.90 bits per heavy atom. The molecule has 10 heteroatoms. The van der Waals surface area contributed by atoms with E-state index in [1.165, 1.54) is 4.31 Å². The van der Waals surface area contributed by atoms with Crippen LogP contribution in [-0.4, -0.2) is 67.6 Å². The van der Waals surface area contributed by atoms with Gasteiger partial charge in [0.2, 0.25) is 10.0 Å². The number of aromatic nitrogens is 2. The lowest BCUT2D eigenvalue weighted by Gasteiger charge is -2.34. The van der Waals surface area contributed by atoms with E-state index in [-0.39, 0.29) is 30.4 Å². The average Bonchev–Trinajstić information content (AvgIpc) is 3.13. The SMILES string of the molecule is COc1ccc(-c2[nH]ncc2CNCCS(=O)(=O)N2CC(C)OC(C)C2)cc1.Cl. The van der Waals surface area contributed by atoms with E-state index in [2.05, 4.69) is 15.5 Å². The van der Waals surface area contributed by atoms with E-state index in [0.717, 1.165) is 22.6 Å². The quantitative estimate of drug-likeness (QED) is 0.605. The zero-order valence-corrected chi connectivity index (χ0v) is 18.6. The fraction of sp³-hybridized carbons (Fsp3) is 0.526. The van der Waals surface area contributed by atoms with Gasteiger partial charge >= 0.3 is 0 Å². The van der Waals surface area contributed by atoms with Gasteiger partial charge in [0.1, 0.15) is 5.75 Å². The normalized spacial score (nSPS) is 20.2. The fourth-order valence-corrected chi connectivity index (χ4v) is 4.90. The molecule has 0 bridgehead atoms. The zero-order chi connectivity index (χ0) is 20.1. The van der Waals surface area contributed by atoms with Crippen molar-refractivity contribution in [1.82, 2.24) is 19.8 Å². The summed E-state index contributed by atoms with van der Waals surface area (Å²) in [5.41, 5.74) is 2.89. The summed E-state index contributed by atoms with van der Waals surface area (Å²) in [6.45, 7) is 5.52. The summed E-state index contributed by atoms with van der Waals surface area (Å²) in [6.07, 6.45) is 1.60. The van der Waals surface area contributed by atoms with Gasteiger partial charge in [-0.25, -0.2) is 8.42 Å². The molecular weight excluding hydrogens is 416 g/mol. The van der Waals surface area contributed by atoms with Crippen LogP contribution in [0.2, 0.25) is 0 Å². The van der Waals surface area contributed by atoms with Gasteiger partial charge in [0, 0.05) is 37.3 Å². The zero-order valence-electron chi connectivity index (χ0n) is 16.9. The van der Waals surface area contributed by atoms with Crippen molar-refractivity contribution in [3.8, 4) is 17.0 Å². The topological polar surface area (TPSA) is 96.5 Å². The lowest BCUT2D eigenvalue weighted by atomic mass is 10.1. The van der Waals surface area contributed by atoms with E-state index in [4.69, 9.17) is 9.47 Å². The third-order valence-corrected chi connectivity index (χ3v) is 6.53. The first kappa shape index (κ1) is 23.6. The van der Waals surface area contributed by atoms with E-state index < -0.39 is 10.0 Å². The van der Waals surface area contributed by atoms with Gasteiger partial charge in [0.15, 0.2) is 0 Å². The second-order valence-corrected chi connectivity index (χ2v) is 9.15. The number of H-pyrrole nitrogens is 1. The minimum absolute atomic E-state index is 0. The molecule has 162 valence electrons. The van der Waals surface area contributed by atoms with E-state index in [9.17, 15) is 8.42 Å². The number of halogens is 1. The molecule has 1 aliphatic heterocycles. The van der Waals surface area contributed by atoms with Gasteiger partial charge in [-0.1, -0.05) is 0 Å². The summed E-state index contributed by atoms with van der Waals surface area (Å²) in [5.74, 6) is 0.849. The highest BCUT2D eigenvalue weighted by atomic mass is 35.5. The van der Waals surface area contributed by atoms with Gasteiger partial charge < -0.3 is 14.8 Å². The molecular formula is C19H29ClN4O4S. The van der Waals surface area contributed by atoms with E-state index in [1.54, 1.807) is 13.3 Å². The van der Waals surface area contributed by atoms with E-state index in [1.807, 2.05) is 38.1 Å². The maximum atomic E-state index is 12.6. The molecule has 2 aromatic rings. The van der Waals surface area contributed by atoms with Crippen LogP contribution in [0.3, 0.4) is 0 Å². The van der Waals surface area contributed by atoms with Gasteiger partial charge in [0.25, 0.3) is 0 Å². The number of aromatic amines is 1. The smallest absolute Gasteiger partial charge is 0.215 e. The summed E-state index contributed by atoms with van der Waals surface area (Å²) in [5, 5.41) is 10.3. The number of morpholine rings is 1. The first-order chi connectivity index (χ1) is 13.4. The molecule has 1 fully saturated rings. The monoisotopic (exact) mass is 444 g/mol. The van der Waals surface area contributed by atoms with Gasteiger partial charge in [-0.05, 0) is 38.1 Å². The molecule has 29 heavy (non-hydrogen) atoms. The third kappa shape index (κ3) is 6.16. The number of ether oxygens (including phenoxy) is 2. The van der Waals surface area contributed by atoms with Crippen molar-refractivity contribution < 1.29 is 17.9 Å². The predicted molar refractivity (Wildman–Crippen MR) is 115 cm³/mol. The van der Waals surface area contributed by atoms with Crippen molar-refractivity contribution in [1.29, 1.82) is 0 Å². The van der Waals surface area contributed by atoms with Crippen LogP contribution in [0.25, 0.3) is 11.3 Å². The molecule has 2 N–H and O–H groups in total.